The molecule has 1 heterocycles. The number of hydrogen-bond acceptors (Lipinski definition) is 5. The van der Waals surface area contributed by atoms with Crippen LogP contribution in [0.4, 0.5) is 0 Å². The first-order chi connectivity index (χ1) is 8.72. The largest absolute Gasteiger partial charge is 0.468 e. The molecule has 0 atom stereocenters. The predicted molar refractivity (Wildman–Crippen MR) is 74.3 cm³/mol. The SMILES string of the molecule is CCN(CC)CCSCc1occc1C(=O)NN. The molecule has 1 rings (SSSR count). The van der Waals surface area contributed by atoms with Gasteiger partial charge in [-0.25, -0.2) is 5.84 Å². The Kier molecular flexibility index (Phi) is 6.85. The van der Waals surface area contributed by atoms with Crippen molar-refractivity contribution < 1.29 is 9.21 Å². The normalized spacial score (nSPS) is 10.9. The number of thioether (sulfide) groups is 1. The highest BCUT2D eigenvalue weighted by Gasteiger charge is 2.13. The first-order valence-electron chi connectivity index (χ1n) is 6.10. The van der Waals surface area contributed by atoms with E-state index < -0.39 is 0 Å². The zero-order chi connectivity index (χ0) is 13.4. The summed E-state index contributed by atoms with van der Waals surface area (Å²) >= 11 is 1.76. The van der Waals surface area contributed by atoms with Crippen molar-refractivity contribution in [3.05, 3.63) is 23.7 Å². The number of nitrogens with one attached hydrogen (secondary N) is 1. The van der Waals surface area contributed by atoms with Gasteiger partial charge < -0.3 is 9.32 Å². The topological polar surface area (TPSA) is 71.5 Å². The molecule has 0 fully saturated rings. The molecule has 0 unspecified atom stereocenters. The Balaban J connectivity index is 2.35. The lowest BCUT2D eigenvalue weighted by Crippen LogP contribution is -2.30. The molecule has 18 heavy (non-hydrogen) atoms. The number of nitrogen functional groups attached to an aromatic ring is 1. The van der Waals surface area contributed by atoms with E-state index in [-0.39, 0.29) is 5.91 Å². The van der Waals surface area contributed by atoms with E-state index in [0.717, 1.165) is 25.4 Å². The Morgan fingerprint density at radius 1 is 1.50 bits per heavy atom. The van der Waals surface area contributed by atoms with Crippen molar-refractivity contribution in [2.24, 2.45) is 5.84 Å². The minimum atomic E-state index is -0.303. The minimum Gasteiger partial charge on any atom is -0.468 e. The third kappa shape index (κ3) is 4.36. The fourth-order valence-corrected chi connectivity index (χ4v) is 2.57. The van der Waals surface area contributed by atoms with Crippen LogP contribution in [0.5, 0.6) is 0 Å². The standard InChI is InChI=1S/C12H21N3O2S/c1-3-15(4-2)6-8-18-9-11-10(5-7-17-11)12(16)14-13/h5,7H,3-4,6,8-9,13H2,1-2H3,(H,14,16). The molecule has 5 nitrogen and oxygen atoms in total. The fourth-order valence-electron chi connectivity index (χ4n) is 1.63. The number of nitrogens with two attached hydrogens (primary N) is 1. The van der Waals surface area contributed by atoms with Gasteiger partial charge in [-0.3, -0.25) is 10.2 Å². The number of hydrogen-bond donors (Lipinski definition) is 2. The van der Waals surface area contributed by atoms with Crippen molar-refractivity contribution in [1.29, 1.82) is 0 Å². The molecule has 0 spiro atoms. The van der Waals surface area contributed by atoms with E-state index in [1.807, 2.05) is 0 Å². The minimum absolute atomic E-state index is 0.303. The summed E-state index contributed by atoms with van der Waals surface area (Å²) in [4.78, 5) is 13.8. The molecule has 0 aliphatic rings. The third-order valence-corrected chi connectivity index (χ3v) is 3.74. The number of hydrazine groups is 1. The van der Waals surface area contributed by atoms with Crippen LogP contribution in [0.15, 0.2) is 16.7 Å². The van der Waals surface area contributed by atoms with E-state index >= 15 is 0 Å². The lowest BCUT2D eigenvalue weighted by Gasteiger charge is -2.17. The number of carbonyl (C=O) groups excluding carboxylic acids is 1. The number of nitrogens with zero attached hydrogens (tertiary/aromatic N) is 1. The van der Waals surface area contributed by atoms with Crippen molar-refractivity contribution in [3.63, 3.8) is 0 Å². The average molecular weight is 271 g/mol. The van der Waals surface area contributed by atoms with Crippen molar-refractivity contribution in [2.45, 2.75) is 19.6 Å². The molecular weight excluding hydrogens is 250 g/mol. The monoisotopic (exact) mass is 271 g/mol. The Hall–Kier alpha value is -0.980. The van der Waals surface area contributed by atoms with E-state index in [4.69, 9.17) is 10.3 Å². The van der Waals surface area contributed by atoms with Crippen LogP contribution < -0.4 is 11.3 Å². The van der Waals surface area contributed by atoms with Crippen LogP contribution in [0.1, 0.15) is 30.0 Å². The number of furan rings is 1. The highest BCUT2D eigenvalue weighted by molar-refractivity contribution is 7.98. The molecule has 1 aromatic rings. The molecule has 0 aliphatic heterocycles. The highest BCUT2D eigenvalue weighted by atomic mass is 32.2. The second kappa shape index (κ2) is 8.18. The highest BCUT2D eigenvalue weighted by Crippen LogP contribution is 2.17. The summed E-state index contributed by atoms with van der Waals surface area (Å²) in [5.74, 6) is 7.20. The van der Waals surface area contributed by atoms with Crippen LogP contribution in [0.2, 0.25) is 0 Å². The first-order valence-corrected chi connectivity index (χ1v) is 7.25. The van der Waals surface area contributed by atoms with Gasteiger partial charge in [-0.2, -0.15) is 11.8 Å². The van der Waals surface area contributed by atoms with Crippen LogP contribution in [-0.4, -0.2) is 36.2 Å². The van der Waals surface area contributed by atoms with Gasteiger partial charge in [0.05, 0.1) is 17.6 Å². The molecule has 1 aromatic heterocycles. The summed E-state index contributed by atoms with van der Waals surface area (Å²) < 4.78 is 5.30. The first kappa shape index (κ1) is 15.1. The van der Waals surface area contributed by atoms with E-state index in [1.54, 1.807) is 17.8 Å². The summed E-state index contributed by atoms with van der Waals surface area (Å²) in [6.07, 6.45) is 1.52. The Labute approximate surface area is 112 Å². The Bertz CT molecular complexity index is 364. The van der Waals surface area contributed by atoms with Crippen molar-refractivity contribution in [3.8, 4) is 0 Å². The Morgan fingerprint density at radius 3 is 2.83 bits per heavy atom. The molecule has 102 valence electrons. The van der Waals surface area contributed by atoms with E-state index in [9.17, 15) is 4.79 Å². The summed E-state index contributed by atoms with van der Waals surface area (Å²) in [5, 5.41) is 0. The number of rotatable bonds is 8. The zero-order valence-corrected chi connectivity index (χ0v) is 11.8. The van der Waals surface area contributed by atoms with E-state index in [2.05, 4.69) is 24.2 Å². The summed E-state index contributed by atoms with van der Waals surface area (Å²) in [5.41, 5.74) is 2.64. The Morgan fingerprint density at radius 2 is 2.22 bits per heavy atom. The smallest absolute Gasteiger partial charge is 0.268 e. The second-order valence-electron chi connectivity index (χ2n) is 3.81. The average Bonchev–Trinajstić information content (AvgIpc) is 2.86. The van der Waals surface area contributed by atoms with E-state index in [1.165, 1.54) is 6.26 Å². The maximum Gasteiger partial charge on any atom is 0.268 e. The van der Waals surface area contributed by atoms with Crippen molar-refractivity contribution in [1.82, 2.24) is 10.3 Å². The number of carbonyl (C=O) groups is 1. The molecule has 3 N–H and O–H groups in total. The summed E-state index contributed by atoms with van der Waals surface area (Å²) in [6.45, 7) is 7.50. The van der Waals surface area contributed by atoms with Gasteiger partial charge in [-0.15, -0.1) is 0 Å². The van der Waals surface area contributed by atoms with Crippen molar-refractivity contribution >= 4 is 17.7 Å². The maximum atomic E-state index is 11.4. The van der Waals surface area contributed by atoms with Gasteiger partial charge in [-0.1, -0.05) is 13.8 Å². The molecular formula is C12H21N3O2S. The van der Waals surface area contributed by atoms with Gasteiger partial charge in [-0.05, 0) is 19.2 Å². The van der Waals surface area contributed by atoms with Gasteiger partial charge in [0.2, 0.25) is 0 Å². The quantitative estimate of drug-likeness (QED) is 0.324. The van der Waals surface area contributed by atoms with Crippen LogP contribution in [0.3, 0.4) is 0 Å². The van der Waals surface area contributed by atoms with Gasteiger partial charge >= 0.3 is 0 Å². The molecule has 0 bridgehead atoms. The van der Waals surface area contributed by atoms with Crippen LogP contribution >= 0.6 is 11.8 Å². The maximum absolute atomic E-state index is 11.4. The molecule has 0 radical (unpaired) electrons. The molecule has 0 saturated carbocycles. The second-order valence-corrected chi connectivity index (χ2v) is 4.92. The third-order valence-electron chi connectivity index (χ3n) is 2.80. The van der Waals surface area contributed by atoms with Crippen LogP contribution in [-0.2, 0) is 5.75 Å². The molecule has 0 aliphatic carbocycles. The van der Waals surface area contributed by atoms with Gasteiger partial charge in [0, 0.05) is 12.3 Å². The molecule has 0 aromatic carbocycles. The zero-order valence-electron chi connectivity index (χ0n) is 10.9. The lowest BCUT2D eigenvalue weighted by atomic mass is 10.2. The molecule has 1 amide bonds. The number of amides is 1. The lowest BCUT2D eigenvalue weighted by molar-refractivity contribution is 0.0952. The summed E-state index contributed by atoms with van der Waals surface area (Å²) in [7, 11) is 0. The molecule has 0 saturated heterocycles. The van der Waals surface area contributed by atoms with E-state index in [0.29, 0.717) is 17.1 Å². The fraction of sp³-hybridized carbons (Fsp3) is 0.583. The van der Waals surface area contributed by atoms with Crippen LogP contribution in [0, 0.1) is 0 Å². The predicted octanol–water partition coefficient (Wildman–Crippen LogP) is 1.46. The van der Waals surface area contributed by atoms with Gasteiger partial charge in [0.15, 0.2) is 0 Å². The molecule has 6 heteroatoms. The van der Waals surface area contributed by atoms with Gasteiger partial charge in [0.25, 0.3) is 5.91 Å². The van der Waals surface area contributed by atoms with Crippen molar-refractivity contribution in [2.75, 3.05) is 25.4 Å². The summed E-state index contributed by atoms with van der Waals surface area (Å²) in [6, 6.07) is 1.64. The van der Waals surface area contributed by atoms with Crippen LogP contribution in [0.25, 0.3) is 0 Å². The van der Waals surface area contributed by atoms with Gasteiger partial charge in [0.1, 0.15) is 5.76 Å².